The number of fused-ring (bicyclic) bond motifs is 1. The Bertz CT molecular complexity index is 790. The molecule has 0 amide bonds. The monoisotopic (exact) mass is 321 g/mol. The summed E-state index contributed by atoms with van der Waals surface area (Å²) in [4.78, 5) is 9.55. The van der Waals surface area contributed by atoms with E-state index in [4.69, 9.17) is 0 Å². The number of aromatic amines is 1. The van der Waals surface area contributed by atoms with Crippen molar-refractivity contribution in [1.82, 2.24) is 25.0 Å². The van der Waals surface area contributed by atoms with E-state index in [0.717, 1.165) is 43.9 Å². The second kappa shape index (κ2) is 6.71. The van der Waals surface area contributed by atoms with Gasteiger partial charge in [-0.3, -0.25) is 19.9 Å². The van der Waals surface area contributed by atoms with Crippen LogP contribution in [0.1, 0.15) is 24.2 Å². The SMILES string of the molecule is C[C@H](c1ccccn1)N1CCN(Cc2ccc3cn[nH]c3c2)CC1. The Kier molecular flexibility index (Phi) is 4.28. The zero-order valence-electron chi connectivity index (χ0n) is 14.0. The third-order valence-corrected chi connectivity index (χ3v) is 4.98. The molecule has 0 spiro atoms. The van der Waals surface area contributed by atoms with Gasteiger partial charge >= 0.3 is 0 Å². The molecule has 0 unspecified atom stereocenters. The number of nitrogens with zero attached hydrogens (tertiary/aromatic N) is 4. The van der Waals surface area contributed by atoms with Crippen LogP contribution in [0.3, 0.4) is 0 Å². The number of aromatic nitrogens is 3. The van der Waals surface area contributed by atoms with Gasteiger partial charge in [0.25, 0.3) is 0 Å². The van der Waals surface area contributed by atoms with E-state index in [1.54, 1.807) is 0 Å². The second-order valence-corrected chi connectivity index (χ2v) is 6.53. The molecule has 0 saturated carbocycles. The number of hydrogen-bond donors (Lipinski definition) is 1. The van der Waals surface area contributed by atoms with Crippen LogP contribution in [-0.4, -0.2) is 51.2 Å². The Hall–Kier alpha value is -2.24. The van der Waals surface area contributed by atoms with Crippen LogP contribution >= 0.6 is 0 Å². The molecule has 1 atom stereocenters. The van der Waals surface area contributed by atoms with Crippen molar-refractivity contribution in [2.24, 2.45) is 0 Å². The largest absolute Gasteiger partial charge is 0.297 e. The molecule has 3 aromatic rings. The molecule has 4 rings (SSSR count). The maximum absolute atomic E-state index is 4.50. The van der Waals surface area contributed by atoms with Crippen LogP contribution in [0.5, 0.6) is 0 Å². The minimum atomic E-state index is 0.384. The predicted octanol–water partition coefficient (Wildman–Crippen LogP) is 2.84. The summed E-state index contributed by atoms with van der Waals surface area (Å²) >= 11 is 0. The molecule has 3 heterocycles. The zero-order chi connectivity index (χ0) is 16.4. The second-order valence-electron chi connectivity index (χ2n) is 6.53. The fourth-order valence-corrected chi connectivity index (χ4v) is 3.46. The summed E-state index contributed by atoms with van der Waals surface area (Å²) < 4.78 is 0. The summed E-state index contributed by atoms with van der Waals surface area (Å²) in [5.74, 6) is 0. The van der Waals surface area contributed by atoms with E-state index in [-0.39, 0.29) is 0 Å². The Balaban J connectivity index is 1.35. The summed E-state index contributed by atoms with van der Waals surface area (Å²) in [5, 5.41) is 8.32. The van der Waals surface area contributed by atoms with Crippen LogP contribution in [0.15, 0.2) is 48.8 Å². The van der Waals surface area contributed by atoms with Crippen LogP contribution in [-0.2, 0) is 6.54 Å². The van der Waals surface area contributed by atoms with Crippen molar-refractivity contribution in [3.05, 3.63) is 60.0 Å². The quantitative estimate of drug-likeness (QED) is 0.803. The Morgan fingerprint density at radius 2 is 2.00 bits per heavy atom. The fraction of sp³-hybridized carbons (Fsp3) is 0.368. The summed E-state index contributed by atoms with van der Waals surface area (Å²) in [6.45, 7) is 7.62. The van der Waals surface area contributed by atoms with Gasteiger partial charge in [0.2, 0.25) is 0 Å². The van der Waals surface area contributed by atoms with Crippen molar-refractivity contribution >= 4 is 10.9 Å². The van der Waals surface area contributed by atoms with E-state index in [1.807, 2.05) is 18.5 Å². The van der Waals surface area contributed by atoms with Crippen molar-refractivity contribution in [2.75, 3.05) is 26.2 Å². The summed E-state index contributed by atoms with van der Waals surface area (Å²) in [7, 11) is 0. The summed E-state index contributed by atoms with van der Waals surface area (Å²) in [6, 6.07) is 13.1. The molecule has 24 heavy (non-hydrogen) atoms. The van der Waals surface area contributed by atoms with Crippen molar-refractivity contribution in [3.63, 3.8) is 0 Å². The number of rotatable bonds is 4. The van der Waals surface area contributed by atoms with Gasteiger partial charge in [-0.25, -0.2) is 0 Å². The van der Waals surface area contributed by atoms with Crippen molar-refractivity contribution in [3.8, 4) is 0 Å². The van der Waals surface area contributed by atoms with Gasteiger partial charge in [0.1, 0.15) is 0 Å². The lowest BCUT2D eigenvalue weighted by Gasteiger charge is -2.37. The van der Waals surface area contributed by atoms with Crippen LogP contribution in [0.25, 0.3) is 10.9 Å². The predicted molar refractivity (Wildman–Crippen MR) is 95.6 cm³/mol. The topological polar surface area (TPSA) is 48.1 Å². The average Bonchev–Trinajstić information content (AvgIpc) is 3.10. The van der Waals surface area contributed by atoms with Crippen molar-refractivity contribution < 1.29 is 0 Å². The maximum atomic E-state index is 4.50. The first-order valence-corrected chi connectivity index (χ1v) is 8.59. The molecule has 0 bridgehead atoms. The lowest BCUT2D eigenvalue weighted by molar-refractivity contribution is 0.0964. The number of piperazine rings is 1. The van der Waals surface area contributed by atoms with Crippen LogP contribution in [0, 0.1) is 0 Å². The van der Waals surface area contributed by atoms with Gasteiger partial charge in [-0.2, -0.15) is 5.10 Å². The highest BCUT2D eigenvalue weighted by Gasteiger charge is 2.22. The average molecular weight is 321 g/mol. The molecule has 1 N–H and O–H groups in total. The van der Waals surface area contributed by atoms with Gasteiger partial charge in [-0.1, -0.05) is 18.2 Å². The number of hydrogen-bond acceptors (Lipinski definition) is 4. The van der Waals surface area contributed by atoms with E-state index in [0.29, 0.717) is 6.04 Å². The molecule has 2 aromatic heterocycles. The van der Waals surface area contributed by atoms with Gasteiger partial charge in [-0.05, 0) is 30.7 Å². The fourth-order valence-electron chi connectivity index (χ4n) is 3.46. The van der Waals surface area contributed by atoms with Gasteiger partial charge in [0.05, 0.1) is 17.4 Å². The molecular weight excluding hydrogens is 298 g/mol. The lowest BCUT2D eigenvalue weighted by Crippen LogP contribution is -2.46. The summed E-state index contributed by atoms with van der Waals surface area (Å²) in [6.07, 6.45) is 3.75. The first kappa shape index (κ1) is 15.3. The van der Waals surface area contributed by atoms with Gasteiger partial charge < -0.3 is 0 Å². The van der Waals surface area contributed by atoms with E-state index >= 15 is 0 Å². The molecule has 5 nitrogen and oxygen atoms in total. The maximum Gasteiger partial charge on any atom is 0.0653 e. The molecule has 1 saturated heterocycles. The van der Waals surface area contributed by atoms with E-state index in [9.17, 15) is 0 Å². The van der Waals surface area contributed by atoms with Crippen molar-refractivity contribution in [2.45, 2.75) is 19.5 Å². The first-order valence-electron chi connectivity index (χ1n) is 8.59. The summed E-state index contributed by atoms with van der Waals surface area (Å²) in [5.41, 5.74) is 3.63. The Morgan fingerprint density at radius 3 is 2.79 bits per heavy atom. The first-order chi connectivity index (χ1) is 11.8. The third kappa shape index (κ3) is 3.18. The molecule has 1 aliphatic heterocycles. The molecule has 0 aliphatic carbocycles. The van der Waals surface area contributed by atoms with Crippen molar-refractivity contribution in [1.29, 1.82) is 0 Å². The smallest absolute Gasteiger partial charge is 0.0653 e. The number of benzene rings is 1. The highest BCUT2D eigenvalue weighted by molar-refractivity contribution is 5.78. The van der Waals surface area contributed by atoms with Gasteiger partial charge in [0, 0.05) is 50.3 Å². The number of pyridine rings is 1. The number of H-pyrrole nitrogens is 1. The lowest BCUT2D eigenvalue weighted by atomic mass is 10.1. The highest BCUT2D eigenvalue weighted by Crippen LogP contribution is 2.21. The minimum absolute atomic E-state index is 0.384. The van der Waals surface area contributed by atoms with E-state index in [2.05, 4.69) is 62.2 Å². The molecular formula is C19H23N5. The van der Waals surface area contributed by atoms with E-state index < -0.39 is 0 Å². The molecule has 1 fully saturated rings. The van der Waals surface area contributed by atoms with Crippen LogP contribution in [0.2, 0.25) is 0 Å². The standard InChI is InChI=1S/C19H23N5/c1-15(18-4-2-3-7-20-18)24-10-8-23(9-11-24)14-16-5-6-17-13-21-22-19(17)12-16/h2-7,12-13,15H,8-11,14H2,1H3,(H,21,22)/t15-/m1/s1. The molecule has 0 radical (unpaired) electrons. The Labute approximate surface area is 142 Å². The molecule has 1 aliphatic rings. The van der Waals surface area contributed by atoms with Gasteiger partial charge in [-0.15, -0.1) is 0 Å². The van der Waals surface area contributed by atoms with Crippen LogP contribution < -0.4 is 0 Å². The molecule has 5 heteroatoms. The molecule has 124 valence electrons. The zero-order valence-corrected chi connectivity index (χ0v) is 14.0. The van der Waals surface area contributed by atoms with E-state index in [1.165, 1.54) is 10.9 Å². The minimum Gasteiger partial charge on any atom is -0.297 e. The number of nitrogens with one attached hydrogen (secondary N) is 1. The highest BCUT2D eigenvalue weighted by atomic mass is 15.3. The normalized spacial score (nSPS) is 18.0. The third-order valence-electron chi connectivity index (χ3n) is 4.98. The van der Waals surface area contributed by atoms with Crippen LogP contribution in [0.4, 0.5) is 0 Å². The molecule has 1 aromatic carbocycles. The van der Waals surface area contributed by atoms with Gasteiger partial charge in [0.15, 0.2) is 0 Å². The Morgan fingerprint density at radius 1 is 1.12 bits per heavy atom.